The Bertz CT molecular complexity index is 575. The first-order chi connectivity index (χ1) is 13.1. The first kappa shape index (κ1) is 25.6. The highest BCUT2D eigenvalue weighted by Crippen LogP contribution is 2.02. The van der Waals surface area contributed by atoms with E-state index in [0.29, 0.717) is 19.4 Å². The lowest BCUT2D eigenvalue weighted by molar-refractivity contribution is -0.147. The minimum absolute atomic E-state index is 0.0749. The summed E-state index contributed by atoms with van der Waals surface area (Å²) in [5.41, 5.74) is 11.0. The summed E-state index contributed by atoms with van der Waals surface area (Å²) in [5.74, 6) is -4.99. The molecule has 0 aliphatic heterocycles. The zero-order valence-electron chi connectivity index (χ0n) is 15.2. The Morgan fingerprint density at radius 1 is 0.964 bits per heavy atom. The summed E-state index contributed by atoms with van der Waals surface area (Å²) < 4.78 is 0. The molecule has 0 aromatic heterocycles. The van der Waals surface area contributed by atoms with Crippen LogP contribution in [-0.2, 0) is 24.0 Å². The highest BCUT2D eigenvalue weighted by atomic mass is 32.1. The van der Waals surface area contributed by atoms with Crippen LogP contribution in [0.25, 0.3) is 0 Å². The fourth-order valence-corrected chi connectivity index (χ4v) is 2.20. The Labute approximate surface area is 167 Å². The molecular formula is C15H27N5O7S. The van der Waals surface area contributed by atoms with Crippen molar-refractivity contribution in [3.8, 4) is 0 Å². The van der Waals surface area contributed by atoms with E-state index in [1.54, 1.807) is 0 Å². The fraction of sp³-hybridized carbons (Fsp3) is 0.667. The minimum Gasteiger partial charge on any atom is -0.481 e. The quantitative estimate of drug-likeness (QED) is 0.106. The van der Waals surface area contributed by atoms with Gasteiger partial charge in [0.1, 0.15) is 12.1 Å². The molecular weight excluding hydrogens is 394 g/mol. The minimum atomic E-state index is -1.63. The standard InChI is InChI=1S/C15H27N5O7S/c16-4-2-1-3-9(20-13(24)8(17)7-28)14(25)18-6-11(21)19-10(15(26)27)5-12(22)23/h8-10,28H,1-7,16-17H2,(H,18,25)(H,19,21)(H,20,24)(H,22,23)(H,26,27). The van der Waals surface area contributed by atoms with Gasteiger partial charge in [0.2, 0.25) is 17.7 Å². The molecule has 0 aliphatic rings. The number of hydrogen-bond donors (Lipinski definition) is 8. The van der Waals surface area contributed by atoms with Gasteiger partial charge in [0.15, 0.2) is 0 Å². The van der Waals surface area contributed by atoms with E-state index < -0.39 is 60.8 Å². The molecule has 3 atom stereocenters. The summed E-state index contributed by atoms with van der Waals surface area (Å²) in [6, 6.07) is -3.51. The number of rotatable bonds is 14. The smallest absolute Gasteiger partial charge is 0.326 e. The average molecular weight is 421 g/mol. The van der Waals surface area contributed by atoms with Crippen LogP contribution >= 0.6 is 12.6 Å². The van der Waals surface area contributed by atoms with Crippen molar-refractivity contribution in [1.29, 1.82) is 0 Å². The van der Waals surface area contributed by atoms with Crippen molar-refractivity contribution in [3.63, 3.8) is 0 Å². The summed E-state index contributed by atoms with van der Waals surface area (Å²) in [6.07, 6.45) is 0.603. The van der Waals surface area contributed by atoms with Crippen molar-refractivity contribution in [2.75, 3.05) is 18.8 Å². The van der Waals surface area contributed by atoms with Crippen LogP contribution in [0.5, 0.6) is 0 Å². The molecule has 3 amide bonds. The Balaban J connectivity index is 4.77. The van der Waals surface area contributed by atoms with E-state index in [2.05, 4.69) is 23.3 Å². The fourth-order valence-electron chi connectivity index (χ4n) is 2.03. The van der Waals surface area contributed by atoms with E-state index in [1.165, 1.54) is 0 Å². The second kappa shape index (κ2) is 13.7. The summed E-state index contributed by atoms with van der Waals surface area (Å²) >= 11 is 3.91. The van der Waals surface area contributed by atoms with Gasteiger partial charge in [0.25, 0.3) is 0 Å². The third-order valence-corrected chi connectivity index (χ3v) is 3.94. The van der Waals surface area contributed by atoms with Gasteiger partial charge < -0.3 is 37.6 Å². The van der Waals surface area contributed by atoms with Crippen LogP contribution in [0, 0.1) is 0 Å². The lowest BCUT2D eigenvalue weighted by Crippen LogP contribution is -2.54. The summed E-state index contributed by atoms with van der Waals surface area (Å²) in [4.78, 5) is 57.5. The van der Waals surface area contributed by atoms with E-state index >= 15 is 0 Å². The molecule has 160 valence electrons. The molecule has 0 bridgehead atoms. The molecule has 12 nitrogen and oxygen atoms in total. The number of carboxylic acids is 2. The Hall–Kier alpha value is -2.38. The highest BCUT2D eigenvalue weighted by molar-refractivity contribution is 7.80. The molecule has 0 fully saturated rings. The monoisotopic (exact) mass is 421 g/mol. The molecule has 0 radical (unpaired) electrons. The molecule has 0 aliphatic carbocycles. The van der Waals surface area contributed by atoms with E-state index in [1.807, 2.05) is 5.32 Å². The molecule has 0 saturated heterocycles. The van der Waals surface area contributed by atoms with E-state index in [4.69, 9.17) is 21.7 Å². The Morgan fingerprint density at radius 3 is 2.11 bits per heavy atom. The van der Waals surface area contributed by atoms with Gasteiger partial charge in [-0.2, -0.15) is 12.6 Å². The van der Waals surface area contributed by atoms with Gasteiger partial charge in [0.05, 0.1) is 19.0 Å². The number of carboxylic acid groups (broad SMARTS) is 2. The SMILES string of the molecule is NCCCCC(NC(=O)C(N)CS)C(=O)NCC(=O)NC(CC(=O)O)C(=O)O. The molecule has 0 aromatic carbocycles. The average Bonchev–Trinajstić information content (AvgIpc) is 2.63. The number of carbonyl (C=O) groups is 5. The molecule has 0 spiro atoms. The first-order valence-corrected chi connectivity index (χ1v) is 9.14. The van der Waals surface area contributed by atoms with Crippen molar-refractivity contribution >= 4 is 42.3 Å². The number of amides is 3. The van der Waals surface area contributed by atoms with Crippen LogP contribution in [0.2, 0.25) is 0 Å². The molecule has 0 heterocycles. The van der Waals surface area contributed by atoms with Gasteiger partial charge in [-0.3, -0.25) is 19.2 Å². The van der Waals surface area contributed by atoms with Crippen molar-refractivity contribution < 1.29 is 34.2 Å². The van der Waals surface area contributed by atoms with Crippen LogP contribution in [-0.4, -0.2) is 76.8 Å². The molecule has 0 aromatic rings. The van der Waals surface area contributed by atoms with Crippen LogP contribution in [0.4, 0.5) is 0 Å². The Morgan fingerprint density at radius 2 is 1.61 bits per heavy atom. The van der Waals surface area contributed by atoms with Crippen LogP contribution in [0.15, 0.2) is 0 Å². The van der Waals surface area contributed by atoms with Gasteiger partial charge in [-0.05, 0) is 25.8 Å². The summed E-state index contributed by atoms with van der Waals surface area (Å²) in [6.45, 7) is -0.189. The number of nitrogens with two attached hydrogens (primary N) is 2. The number of aliphatic carboxylic acids is 2. The second-order valence-corrected chi connectivity index (χ2v) is 6.27. The van der Waals surface area contributed by atoms with Gasteiger partial charge in [0, 0.05) is 5.75 Å². The predicted octanol–water partition coefficient (Wildman–Crippen LogP) is -2.98. The van der Waals surface area contributed by atoms with Crippen molar-refractivity contribution in [1.82, 2.24) is 16.0 Å². The number of carbonyl (C=O) groups excluding carboxylic acids is 3. The zero-order valence-corrected chi connectivity index (χ0v) is 16.1. The normalized spacial score (nSPS) is 13.7. The van der Waals surface area contributed by atoms with Gasteiger partial charge >= 0.3 is 11.9 Å². The maximum Gasteiger partial charge on any atom is 0.326 e. The van der Waals surface area contributed by atoms with E-state index in [0.717, 1.165) is 0 Å². The molecule has 0 saturated carbocycles. The number of nitrogens with one attached hydrogen (secondary N) is 3. The van der Waals surface area contributed by atoms with Crippen LogP contribution < -0.4 is 27.4 Å². The maximum atomic E-state index is 12.3. The third-order valence-electron chi connectivity index (χ3n) is 3.55. The third kappa shape index (κ3) is 10.7. The Kier molecular flexibility index (Phi) is 12.6. The molecule has 28 heavy (non-hydrogen) atoms. The van der Waals surface area contributed by atoms with Gasteiger partial charge in [-0.15, -0.1) is 0 Å². The van der Waals surface area contributed by atoms with Gasteiger partial charge in [-0.1, -0.05) is 0 Å². The first-order valence-electron chi connectivity index (χ1n) is 8.50. The molecule has 0 rings (SSSR count). The summed E-state index contributed by atoms with van der Waals surface area (Å²) in [7, 11) is 0. The highest BCUT2D eigenvalue weighted by Gasteiger charge is 2.25. The lowest BCUT2D eigenvalue weighted by atomic mass is 10.1. The largest absolute Gasteiger partial charge is 0.481 e. The van der Waals surface area contributed by atoms with Crippen molar-refractivity contribution in [2.24, 2.45) is 11.5 Å². The van der Waals surface area contributed by atoms with Crippen molar-refractivity contribution in [3.05, 3.63) is 0 Å². The molecule has 13 heteroatoms. The van der Waals surface area contributed by atoms with Crippen molar-refractivity contribution in [2.45, 2.75) is 43.8 Å². The maximum absolute atomic E-state index is 12.3. The van der Waals surface area contributed by atoms with E-state index in [9.17, 15) is 24.0 Å². The topological polar surface area (TPSA) is 214 Å². The molecule has 3 unspecified atom stereocenters. The number of thiol groups is 1. The predicted molar refractivity (Wildman–Crippen MR) is 101 cm³/mol. The van der Waals surface area contributed by atoms with Crippen LogP contribution in [0.1, 0.15) is 25.7 Å². The molecule has 9 N–H and O–H groups in total. The zero-order chi connectivity index (χ0) is 21.7. The lowest BCUT2D eigenvalue weighted by Gasteiger charge is -2.20. The van der Waals surface area contributed by atoms with Crippen LogP contribution in [0.3, 0.4) is 0 Å². The number of hydrogen-bond acceptors (Lipinski definition) is 8. The number of unbranched alkanes of at least 4 members (excludes halogenated alkanes) is 1. The van der Waals surface area contributed by atoms with Gasteiger partial charge in [-0.25, -0.2) is 4.79 Å². The second-order valence-electron chi connectivity index (χ2n) is 5.91. The van der Waals surface area contributed by atoms with E-state index in [-0.39, 0.29) is 12.2 Å². The summed E-state index contributed by atoms with van der Waals surface area (Å²) in [5, 5.41) is 24.3.